The predicted molar refractivity (Wildman–Crippen MR) is 80.1 cm³/mol. The van der Waals surface area contributed by atoms with Gasteiger partial charge in [-0.1, -0.05) is 11.6 Å². The van der Waals surface area contributed by atoms with Gasteiger partial charge in [-0.3, -0.25) is 9.89 Å². The zero-order valence-corrected chi connectivity index (χ0v) is 13.3. The van der Waals surface area contributed by atoms with Gasteiger partial charge < -0.3 is 10.6 Å². The first-order valence-electron chi connectivity index (χ1n) is 6.03. The quantitative estimate of drug-likeness (QED) is 0.911. The second-order valence-corrected chi connectivity index (χ2v) is 6.35. The minimum absolute atomic E-state index is 0.122. The van der Waals surface area contributed by atoms with E-state index in [1.807, 2.05) is 20.8 Å². The van der Waals surface area contributed by atoms with Crippen molar-refractivity contribution in [3.8, 4) is 0 Å². The Labute approximate surface area is 125 Å². The molecule has 0 aliphatic carbocycles. The fraction of sp³-hybridized carbons (Fsp3) is 0.417. The van der Waals surface area contributed by atoms with Gasteiger partial charge in [0.2, 0.25) is 0 Å². The van der Waals surface area contributed by atoms with Crippen LogP contribution in [-0.2, 0) is 0 Å². The Morgan fingerprint density at radius 3 is 2.60 bits per heavy atom. The van der Waals surface area contributed by atoms with Crippen molar-refractivity contribution < 1.29 is 4.79 Å². The second-order valence-electron chi connectivity index (χ2n) is 4.56. The van der Waals surface area contributed by atoms with E-state index in [9.17, 15) is 4.79 Å². The average molecular weight is 314 g/mol. The van der Waals surface area contributed by atoms with Crippen molar-refractivity contribution in [1.82, 2.24) is 20.1 Å². The number of thiazole rings is 1. The number of aromatic amines is 1. The van der Waals surface area contributed by atoms with Crippen LogP contribution in [0, 0.1) is 13.8 Å². The zero-order chi connectivity index (χ0) is 15.0. The molecule has 6 nitrogen and oxygen atoms in total. The van der Waals surface area contributed by atoms with Gasteiger partial charge in [0.1, 0.15) is 10.7 Å². The number of halogens is 1. The number of hydrogen-bond donors (Lipinski definition) is 2. The number of amides is 1. The van der Waals surface area contributed by atoms with Crippen LogP contribution in [0.3, 0.4) is 0 Å². The Bertz CT molecular complexity index is 650. The highest BCUT2D eigenvalue weighted by molar-refractivity contribution is 7.11. The molecule has 2 rings (SSSR count). The minimum atomic E-state index is -0.267. The van der Waals surface area contributed by atoms with E-state index in [0.29, 0.717) is 0 Å². The minimum Gasteiger partial charge on any atom is -0.381 e. The SMILES string of the molecule is Cc1nc(C(C)N(C)C(=O)c2[nH]nc(N)c2Cl)c(C)s1. The van der Waals surface area contributed by atoms with E-state index < -0.39 is 0 Å². The van der Waals surface area contributed by atoms with Crippen LogP contribution in [0.25, 0.3) is 0 Å². The molecule has 1 atom stereocenters. The number of rotatable bonds is 3. The van der Waals surface area contributed by atoms with Gasteiger partial charge in [-0.25, -0.2) is 4.98 Å². The summed E-state index contributed by atoms with van der Waals surface area (Å²) in [5.41, 5.74) is 6.63. The Morgan fingerprint density at radius 2 is 2.15 bits per heavy atom. The topological polar surface area (TPSA) is 87.9 Å². The maximum Gasteiger partial charge on any atom is 0.273 e. The molecular weight excluding hydrogens is 298 g/mol. The number of H-pyrrole nitrogens is 1. The van der Waals surface area contributed by atoms with Gasteiger partial charge in [-0.05, 0) is 20.8 Å². The summed E-state index contributed by atoms with van der Waals surface area (Å²) in [6.07, 6.45) is 0. The van der Waals surface area contributed by atoms with Gasteiger partial charge in [0, 0.05) is 11.9 Å². The van der Waals surface area contributed by atoms with Crippen LogP contribution < -0.4 is 5.73 Å². The van der Waals surface area contributed by atoms with Crippen LogP contribution >= 0.6 is 22.9 Å². The first-order valence-corrected chi connectivity index (χ1v) is 7.22. The summed E-state index contributed by atoms with van der Waals surface area (Å²) in [7, 11) is 1.70. The number of nitrogen functional groups attached to an aromatic ring is 1. The lowest BCUT2D eigenvalue weighted by molar-refractivity contribution is 0.0734. The van der Waals surface area contributed by atoms with E-state index in [0.717, 1.165) is 15.6 Å². The lowest BCUT2D eigenvalue weighted by atomic mass is 10.2. The number of nitrogens with zero attached hydrogens (tertiary/aromatic N) is 3. The zero-order valence-electron chi connectivity index (χ0n) is 11.7. The number of carbonyl (C=O) groups excluding carboxylic acids is 1. The molecule has 3 N–H and O–H groups in total. The van der Waals surface area contributed by atoms with Gasteiger partial charge in [0.15, 0.2) is 5.82 Å². The van der Waals surface area contributed by atoms with E-state index >= 15 is 0 Å². The molecule has 0 aromatic carbocycles. The Balaban J connectivity index is 2.27. The summed E-state index contributed by atoms with van der Waals surface area (Å²) in [6.45, 7) is 5.87. The van der Waals surface area contributed by atoms with E-state index in [-0.39, 0.29) is 28.5 Å². The van der Waals surface area contributed by atoms with Crippen LogP contribution in [0.1, 0.15) is 39.0 Å². The molecular formula is C12H16ClN5OS. The maximum absolute atomic E-state index is 12.4. The third kappa shape index (κ3) is 2.51. The normalized spacial score (nSPS) is 12.4. The predicted octanol–water partition coefficient (Wildman–Crippen LogP) is 2.55. The number of carbonyl (C=O) groups is 1. The molecule has 1 amide bonds. The van der Waals surface area contributed by atoms with Gasteiger partial charge in [-0.2, -0.15) is 5.10 Å². The average Bonchev–Trinajstić information content (AvgIpc) is 2.90. The third-order valence-corrected chi connectivity index (χ3v) is 4.47. The largest absolute Gasteiger partial charge is 0.381 e. The first kappa shape index (κ1) is 14.8. The van der Waals surface area contributed by atoms with Crippen LogP contribution in [-0.4, -0.2) is 33.0 Å². The monoisotopic (exact) mass is 313 g/mol. The highest BCUT2D eigenvalue weighted by Gasteiger charge is 2.26. The van der Waals surface area contributed by atoms with Gasteiger partial charge in [-0.15, -0.1) is 11.3 Å². The number of aromatic nitrogens is 3. The summed E-state index contributed by atoms with van der Waals surface area (Å²) >= 11 is 7.57. The van der Waals surface area contributed by atoms with E-state index in [4.69, 9.17) is 17.3 Å². The van der Waals surface area contributed by atoms with Crippen molar-refractivity contribution >= 4 is 34.7 Å². The van der Waals surface area contributed by atoms with Gasteiger partial charge in [0.25, 0.3) is 5.91 Å². The molecule has 0 aliphatic rings. The molecule has 0 aliphatic heterocycles. The fourth-order valence-corrected chi connectivity index (χ4v) is 3.03. The third-order valence-electron chi connectivity index (χ3n) is 3.18. The Kier molecular flexibility index (Phi) is 4.01. The van der Waals surface area contributed by atoms with E-state index in [1.54, 1.807) is 23.3 Å². The van der Waals surface area contributed by atoms with Gasteiger partial charge in [0.05, 0.1) is 16.7 Å². The highest BCUT2D eigenvalue weighted by atomic mass is 35.5. The fourth-order valence-electron chi connectivity index (χ4n) is 1.95. The molecule has 1 unspecified atom stereocenters. The standard InChI is InChI=1S/C12H16ClN5OS/c1-5(9-6(2)20-7(3)15-9)18(4)12(19)10-8(13)11(14)17-16-10/h5H,1-4H3,(H3,14,16,17). The van der Waals surface area contributed by atoms with Crippen LogP contribution in [0.4, 0.5) is 5.82 Å². The molecule has 20 heavy (non-hydrogen) atoms. The number of hydrogen-bond acceptors (Lipinski definition) is 5. The smallest absolute Gasteiger partial charge is 0.273 e. The molecule has 0 spiro atoms. The van der Waals surface area contributed by atoms with Crippen molar-refractivity contribution in [1.29, 1.82) is 0 Å². The van der Waals surface area contributed by atoms with E-state index in [1.165, 1.54) is 0 Å². The molecule has 2 aromatic rings. The summed E-state index contributed by atoms with van der Waals surface area (Å²) in [4.78, 5) is 19.5. The summed E-state index contributed by atoms with van der Waals surface area (Å²) in [6, 6.07) is -0.159. The number of nitrogens with two attached hydrogens (primary N) is 1. The summed E-state index contributed by atoms with van der Waals surface area (Å²) in [5.74, 6) is -0.145. The molecule has 0 fully saturated rings. The Morgan fingerprint density at radius 1 is 1.50 bits per heavy atom. The van der Waals surface area contributed by atoms with Crippen molar-refractivity contribution in [2.24, 2.45) is 0 Å². The summed E-state index contributed by atoms with van der Waals surface area (Å²) < 4.78 is 0. The molecule has 0 saturated heterocycles. The van der Waals surface area contributed by atoms with Crippen molar-refractivity contribution in [2.75, 3.05) is 12.8 Å². The first-order chi connectivity index (χ1) is 9.32. The van der Waals surface area contributed by atoms with Gasteiger partial charge >= 0.3 is 0 Å². The molecule has 8 heteroatoms. The number of nitrogens with one attached hydrogen (secondary N) is 1. The molecule has 0 radical (unpaired) electrons. The number of anilines is 1. The molecule has 0 saturated carbocycles. The highest BCUT2D eigenvalue weighted by Crippen LogP contribution is 2.28. The van der Waals surface area contributed by atoms with Crippen molar-refractivity contribution in [3.05, 3.63) is 26.3 Å². The Hall–Kier alpha value is -1.60. The lowest BCUT2D eigenvalue weighted by Gasteiger charge is -2.23. The van der Waals surface area contributed by atoms with E-state index in [2.05, 4.69) is 15.2 Å². The molecule has 2 heterocycles. The maximum atomic E-state index is 12.4. The number of aryl methyl sites for hydroxylation is 2. The molecule has 0 bridgehead atoms. The lowest BCUT2D eigenvalue weighted by Crippen LogP contribution is -2.30. The summed E-state index contributed by atoms with van der Waals surface area (Å²) in [5, 5.41) is 7.43. The van der Waals surface area contributed by atoms with Crippen LogP contribution in [0.2, 0.25) is 5.02 Å². The van der Waals surface area contributed by atoms with Crippen LogP contribution in [0.5, 0.6) is 0 Å². The second kappa shape index (κ2) is 5.41. The molecule has 108 valence electrons. The van der Waals surface area contributed by atoms with Crippen molar-refractivity contribution in [3.63, 3.8) is 0 Å². The van der Waals surface area contributed by atoms with Crippen LogP contribution in [0.15, 0.2) is 0 Å². The van der Waals surface area contributed by atoms with Crippen molar-refractivity contribution in [2.45, 2.75) is 26.8 Å². The molecule has 2 aromatic heterocycles.